The number of nitriles is 1. The molecule has 6 nitrogen and oxygen atoms in total. The normalized spacial score (nSPS) is 11.2. The molecule has 2 aromatic heterocycles. The highest BCUT2D eigenvalue weighted by Crippen LogP contribution is 2.18. The Morgan fingerprint density at radius 2 is 2.50 bits per heavy atom. The van der Waals surface area contributed by atoms with Gasteiger partial charge in [-0.15, -0.1) is 11.3 Å². The predicted octanol–water partition coefficient (Wildman–Crippen LogP) is 0.780. The van der Waals surface area contributed by atoms with Gasteiger partial charge in [0.2, 0.25) is 0 Å². The SMILES string of the molecule is N#C/C(=C\c1cc(Cn2cncn2)cs1)C(N)=O. The number of amides is 1. The van der Waals surface area contributed by atoms with Crippen LogP contribution in [-0.4, -0.2) is 20.7 Å². The smallest absolute Gasteiger partial charge is 0.259 e. The molecule has 0 aliphatic heterocycles. The number of primary amides is 1. The molecule has 0 saturated carbocycles. The Morgan fingerprint density at radius 1 is 1.67 bits per heavy atom. The Bertz CT molecular complexity index is 620. The topological polar surface area (TPSA) is 97.6 Å². The van der Waals surface area contributed by atoms with Crippen LogP contribution in [0.5, 0.6) is 0 Å². The molecule has 0 aromatic carbocycles. The molecule has 0 radical (unpaired) electrons. The van der Waals surface area contributed by atoms with Gasteiger partial charge in [0.05, 0.1) is 6.54 Å². The van der Waals surface area contributed by atoms with E-state index in [9.17, 15) is 4.79 Å². The average molecular weight is 259 g/mol. The molecule has 0 fully saturated rings. The number of nitrogens with zero attached hydrogens (tertiary/aromatic N) is 4. The Hall–Kier alpha value is -2.46. The Balaban J connectivity index is 2.16. The summed E-state index contributed by atoms with van der Waals surface area (Å²) in [6.07, 6.45) is 4.57. The molecule has 2 heterocycles. The van der Waals surface area contributed by atoms with Gasteiger partial charge in [0.25, 0.3) is 5.91 Å². The van der Waals surface area contributed by atoms with E-state index < -0.39 is 5.91 Å². The molecule has 2 N–H and O–H groups in total. The highest BCUT2D eigenvalue weighted by atomic mass is 32.1. The van der Waals surface area contributed by atoms with Gasteiger partial charge in [-0.3, -0.25) is 4.79 Å². The number of hydrogen-bond donors (Lipinski definition) is 1. The van der Waals surface area contributed by atoms with Crippen LogP contribution in [0.3, 0.4) is 0 Å². The van der Waals surface area contributed by atoms with Crippen molar-refractivity contribution in [2.75, 3.05) is 0 Å². The molecular weight excluding hydrogens is 250 g/mol. The summed E-state index contributed by atoms with van der Waals surface area (Å²) in [5, 5.41) is 14.7. The predicted molar refractivity (Wildman–Crippen MR) is 66.2 cm³/mol. The summed E-state index contributed by atoms with van der Waals surface area (Å²) in [7, 11) is 0. The van der Waals surface area contributed by atoms with Crippen LogP contribution >= 0.6 is 11.3 Å². The fourth-order valence-corrected chi connectivity index (χ4v) is 2.19. The fraction of sp³-hybridized carbons (Fsp3) is 0.0909. The van der Waals surface area contributed by atoms with Gasteiger partial charge in [0, 0.05) is 4.88 Å². The second-order valence-electron chi connectivity index (χ2n) is 3.48. The van der Waals surface area contributed by atoms with Crippen molar-refractivity contribution in [3.63, 3.8) is 0 Å². The van der Waals surface area contributed by atoms with Crippen LogP contribution in [0.2, 0.25) is 0 Å². The first-order valence-corrected chi connectivity index (χ1v) is 5.88. The van der Waals surface area contributed by atoms with Gasteiger partial charge < -0.3 is 5.73 Å². The van der Waals surface area contributed by atoms with Crippen LogP contribution in [0.4, 0.5) is 0 Å². The second-order valence-corrected chi connectivity index (χ2v) is 4.43. The van der Waals surface area contributed by atoms with Crippen LogP contribution in [0, 0.1) is 11.3 Å². The maximum absolute atomic E-state index is 10.9. The fourth-order valence-electron chi connectivity index (χ4n) is 1.36. The van der Waals surface area contributed by atoms with Gasteiger partial charge in [0.1, 0.15) is 24.3 Å². The van der Waals surface area contributed by atoms with Crippen molar-refractivity contribution >= 4 is 23.3 Å². The lowest BCUT2D eigenvalue weighted by Crippen LogP contribution is -2.12. The van der Waals surface area contributed by atoms with Crippen molar-refractivity contribution in [2.45, 2.75) is 6.54 Å². The zero-order valence-corrected chi connectivity index (χ0v) is 10.1. The average Bonchev–Trinajstić information content (AvgIpc) is 2.98. The van der Waals surface area contributed by atoms with Crippen molar-refractivity contribution in [1.29, 1.82) is 5.26 Å². The third-order valence-corrected chi connectivity index (χ3v) is 3.09. The van der Waals surface area contributed by atoms with Crippen molar-refractivity contribution in [3.05, 3.63) is 40.1 Å². The van der Waals surface area contributed by atoms with E-state index in [0.29, 0.717) is 6.54 Å². The highest BCUT2D eigenvalue weighted by Gasteiger charge is 2.05. The number of aromatic nitrogens is 3. The number of carbonyl (C=O) groups excluding carboxylic acids is 1. The van der Waals surface area contributed by atoms with Gasteiger partial charge in [-0.05, 0) is 23.1 Å². The molecule has 2 aromatic rings. The van der Waals surface area contributed by atoms with Gasteiger partial charge in [-0.25, -0.2) is 9.67 Å². The molecule has 1 amide bonds. The lowest BCUT2D eigenvalue weighted by Gasteiger charge is -1.95. The summed E-state index contributed by atoms with van der Waals surface area (Å²) >= 11 is 1.44. The van der Waals surface area contributed by atoms with Crippen LogP contribution in [0.1, 0.15) is 10.4 Å². The summed E-state index contributed by atoms with van der Waals surface area (Å²) in [5.41, 5.74) is 6.04. The van der Waals surface area contributed by atoms with E-state index >= 15 is 0 Å². The molecule has 2 rings (SSSR count). The molecule has 0 unspecified atom stereocenters. The number of rotatable bonds is 4. The minimum atomic E-state index is -0.719. The first kappa shape index (κ1) is 12.0. The number of hydrogen-bond acceptors (Lipinski definition) is 5. The number of thiophene rings is 1. The molecule has 18 heavy (non-hydrogen) atoms. The van der Waals surface area contributed by atoms with Crippen molar-refractivity contribution in [2.24, 2.45) is 5.73 Å². The van der Waals surface area contributed by atoms with E-state index in [0.717, 1.165) is 10.4 Å². The van der Waals surface area contributed by atoms with Crippen LogP contribution < -0.4 is 5.73 Å². The summed E-state index contributed by atoms with van der Waals surface area (Å²) in [5.74, 6) is -0.719. The first-order chi connectivity index (χ1) is 8.69. The Labute approximate surface area is 107 Å². The standard InChI is InChI=1S/C11H9N5OS/c12-3-9(11(13)17)2-10-1-8(5-18-10)4-16-7-14-6-15-16/h1-2,5-7H,4H2,(H2,13,17)/b9-2+. The zero-order valence-electron chi connectivity index (χ0n) is 9.28. The van der Waals surface area contributed by atoms with Gasteiger partial charge in [-0.2, -0.15) is 10.4 Å². The maximum atomic E-state index is 10.9. The Kier molecular flexibility index (Phi) is 3.50. The largest absolute Gasteiger partial charge is 0.365 e. The van der Waals surface area contributed by atoms with Crippen LogP contribution in [0.25, 0.3) is 6.08 Å². The van der Waals surface area contributed by atoms with E-state index in [2.05, 4.69) is 10.1 Å². The molecule has 0 saturated heterocycles. The van der Waals surface area contributed by atoms with Crippen molar-refractivity contribution in [3.8, 4) is 6.07 Å². The molecule has 7 heteroatoms. The molecule has 0 aliphatic rings. The lowest BCUT2D eigenvalue weighted by atomic mass is 10.2. The highest BCUT2D eigenvalue weighted by molar-refractivity contribution is 7.11. The lowest BCUT2D eigenvalue weighted by molar-refractivity contribution is -0.114. The maximum Gasteiger partial charge on any atom is 0.259 e. The zero-order chi connectivity index (χ0) is 13.0. The number of carbonyl (C=O) groups is 1. The van der Waals surface area contributed by atoms with Crippen molar-refractivity contribution in [1.82, 2.24) is 14.8 Å². The molecule has 0 spiro atoms. The second kappa shape index (κ2) is 5.25. The monoisotopic (exact) mass is 259 g/mol. The van der Waals surface area contributed by atoms with Gasteiger partial charge in [-0.1, -0.05) is 0 Å². The van der Waals surface area contributed by atoms with Gasteiger partial charge >= 0.3 is 0 Å². The third kappa shape index (κ3) is 2.81. The quantitative estimate of drug-likeness (QED) is 0.648. The van der Waals surface area contributed by atoms with E-state index in [4.69, 9.17) is 11.0 Å². The Morgan fingerprint density at radius 3 is 3.11 bits per heavy atom. The van der Waals surface area contributed by atoms with E-state index in [1.165, 1.54) is 23.7 Å². The molecule has 0 aliphatic carbocycles. The minimum absolute atomic E-state index is 0.0517. The molecule has 90 valence electrons. The van der Waals surface area contributed by atoms with E-state index in [1.807, 2.05) is 11.4 Å². The summed E-state index contributed by atoms with van der Waals surface area (Å²) < 4.78 is 1.69. The van der Waals surface area contributed by atoms with Gasteiger partial charge in [0.15, 0.2) is 0 Å². The summed E-state index contributed by atoms with van der Waals surface area (Å²) in [4.78, 5) is 15.6. The summed E-state index contributed by atoms with van der Waals surface area (Å²) in [6.45, 7) is 0.600. The molecular formula is C11H9N5OS. The van der Waals surface area contributed by atoms with E-state index in [1.54, 1.807) is 17.1 Å². The third-order valence-electron chi connectivity index (χ3n) is 2.16. The number of nitrogens with two attached hydrogens (primary N) is 1. The molecule has 0 bridgehead atoms. The van der Waals surface area contributed by atoms with Crippen LogP contribution in [0.15, 0.2) is 29.7 Å². The summed E-state index contributed by atoms with van der Waals surface area (Å²) in [6, 6.07) is 3.65. The van der Waals surface area contributed by atoms with E-state index in [-0.39, 0.29) is 5.57 Å². The minimum Gasteiger partial charge on any atom is -0.365 e. The van der Waals surface area contributed by atoms with Crippen molar-refractivity contribution < 1.29 is 4.79 Å². The molecule has 0 atom stereocenters. The first-order valence-electron chi connectivity index (χ1n) is 5.00. The van der Waals surface area contributed by atoms with Crippen LogP contribution in [-0.2, 0) is 11.3 Å².